The van der Waals surface area contributed by atoms with Gasteiger partial charge in [-0.05, 0) is 42.5 Å². The van der Waals surface area contributed by atoms with Gasteiger partial charge in [-0.1, -0.05) is 23.4 Å². The minimum absolute atomic E-state index is 0.339. The van der Waals surface area contributed by atoms with E-state index in [9.17, 15) is 4.79 Å². The maximum atomic E-state index is 11.5. The van der Waals surface area contributed by atoms with Crippen LogP contribution < -0.4 is 10.6 Å². The second-order valence-electron chi connectivity index (χ2n) is 4.68. The second kappa shape index (κ2) is 6.45. The molecule has 2 N–H and O–H groups in total. The molecule has 0 aliphatic heterocycles. The molecule has 0 aliphatic carbocycles. The van der Waals surface area contributed by atoms with Gasteiger partial charge in [0.1, 0.15) is 0 Å². The molecule has 0 saturated heterocycles. The average Bonchev–Trinajstić information content (AvgIpc) is 2.97. The first-order chi connectivity index (χ1) is 11.2. The molecule has 6 nitrogen and oxygen atoms in total. The predicted octanol–water partition coefficient (Wildman–Crippen LogP) is 3.42. The molecule has 3 rings (SSSR count). The molecule has 0 spiro atoms. The summed E-state index contributed by atoms with van der Waals surface area (Å²) in [4.78, 5) is 11.5. The molecule has 116 valence electrons. The van der Waals surface area contributed by atoms with Gasteiger partial charge in [0.25, 0.3) is 0 Å². The van der Waals surface area contributed by atoms with Crippen molar-refractivity contribution in [2.24, 2.45) is 0 Å². The van der Waals surface area contributed by atoms with Gasteiger partial charge in [0.05, 0.1) is 18.1 Å². The lowest BCUT2D eigenvalue weighted by Gasteiger charge is -2.09. The Morgan fingerprint density at radius 2 is 2.00 bits per heavy atom. The molecule has 0 radical (unpaired) electrons. The molecule has 23 heavy (non-hydrogen) atoms. The quantitative estimate of drug-likeness (QED) is 0.564. The van der Waals surface area contributed by atoms with Crippen LogP contribution in [-0.4, -0.2) is 23.3 Å². The third-order valence-corrected chi connectivity index (χ3v) is 3.36. The Balaban J connectivity index is 1.73. The molecule has 0 aliphatic rings. The summed E-state index contributed by atoms with van der Waals surface area (Å²) in [5.74, 6) is 0.122. The number of thiocarbonyl (C=S) groups is 1. The number of methoxy groups -OCH3 is 1. The third kappa shape index (κ3) is 3.29. The van der Waals surface area contributed by atoms with Gasteiger partial charge in [-0.25, -0.2) is 4.79 Å². The van der Waals surface area contributed by atoms with E-state index < -0.39 is 5.97 Å². The minimum atomic E-state index is -0.407. The lowest BCUT2D eigenvalue weighted by atomic mass is 10.2. The molecule has 0 fully saturated rings. The highest BCUT2D eigenvalue weighted by atomic mass is 32.1. The van der Waals surface area contributed by atoms with Gasteiger partial charge in [0.15, 0.2) is 16.5 Å². The fraction of sp³-hybridized carbons (Fsp3) is 0.0625. The van der Waals surface area contributed by atoms with E-state index in [0.29, 0.717) is 27.8 Å². The van der Waals surface area contributed by atoms with Gasteiger partial charge < -0.3 is 19.9 Å². The lowest BCUT2D eigenvalue weighted by molar-refractivity contribution is 0.0601. The summed E-state index contributed by atoms with van der Waals surface area (Å²) in [6.07, 6.45) is 0. The number of hydrogen-bond acceptors (Lipinski definition) is 5. The Morgan fingerprint density at radius 1 is 1.17 bits per heavy atom. The first-order valence-corrected chi connectivity index (χ1v) is 7.19. The SMILES string of the molecule is COC(=O)c1cccc(NC(=S)Nc2noc3ccccc23)c1. The molecule has 1 heterocycles. The number of nitrogens with zero attached hydrogens (tertiary/aromatic N) is 1. The zero-order valence-electron chi connectivity index (χ0n) is 12.2. The number of para-hydroxylation sites is 1. The number of aromatic nitrogens is 1. The normalized spacial score (nSPS) is 10.3. The molecule has 0 unspecified atom stereocenters. The fourth-order valence-electron chi connectivity index (χ4n) is 2.09. The highest BCUT2D eigenvalue weighted by Gasteiger charge is 2.10. The monoisotopic (exact) mass is 327 g/mol. The van der Waals surface area contributed by atoms with Crippen molar-refractivity contribution < 1.29 is 14.1 Å². The summed E-state index contributed by atoms with van der Waals surface area (Å²) in [6, 6.07) is 14.3. The van der Waals surface area contributed by atoms with Crippen molar-refractivity contribution in [3.05, 3.63) is 54.1 Å². The molecule has 0 bridgehead atoms. The van der Waals surface area contributed by atoms with E-state index in [4.69, 9.17) is 21.5 Å². The van der Waals surface area contributed by atoms with Crippen molar-refractivity contribution in [3.8, 4) is 0 Å². The van der Waals surface area contributed by atoms with Crippen LogP contribution in [0.5, 0.6) is 0 Å². The van der Waals surface area contributed by atoms with E-state index in [1.54, 1.807) is 24.3 Å². The summed E-state index contributed by atoms with van der Waals surface area (Å²) >= 11 is 5.26. The molecular weight excluding hydrogens is 314 g/mol. The Morgan fingerprint density at radius 3 is 2.83 bits per heavy atom. The number of fused-ring (bicyclic) bond motifs is 1. The highest BCUT2D eigenvalue weighted by Crippen LogP contribution is 2.22. The Bertz CT molecular complexity index is 876. The van der Waals surface area contributed by atoms with E-state index in [1.807, 2.05) is 24.3 Å². The van der Waals surface area contributed by atoms with Gasteiger partial charge in [-0.2, -0.15) is 0 Å². The summed E-state index contributed by atoms with van der Waals surface area (Å²) < 4.78 is 9.90. The van der Waals surface area contributed by atoms with E-state index in [2.05, 4.69) is 15.8 Å². The van der Waals surface area contributed by atoms with Crippen LogP contribution in [-0.2, 0) is 4.74 Å². The van der Waals surface area contributed by atoms with Crippen LogP contribution in [0.15, 0.2) is 53.1 Å². The van der Waals surface area contributed by atoms with Gasteiger partial charge >= 0.3 is 5.97 Å². The van der Waals surface area contributed by atoms with Gasteiger partial charge in [-0.15, -0.1) is 0 Å². The first kappa shape index (κ1) is 15.0. The average molecular weight is 327 g/mol. The molecule has 7 heteroatoms. The maximum Gasteiger partial charge on any atom is 0.337 e. The Labute approximate surface area is 137 Å². The number of carbonyl (C=O) groups is 1. The number of carbonyl (C=O) groups excluding carboxylic acids is 1. The van der Waals surface area contributed by atoms with E-state index in [1.165, 1.54) is 7.11 Å². The molecule has 0 amide bonds. The van der Waals surface area contributed by atoms with Crippen molar-refractivity contribution in [2.75, 3.05) is 17.7 Å². The van der Waals surface area contributed by atoms with Crippen molar-refractivity contribution in [1.82, 2.24) is 5.16 Å². The standard InChI is InChI=1S/C16H13N3O3S/c1-21-15(20)10-5-4-6-11(9-10)17-16(23)18-14-12-7-2-3-8-13(12)22-19-14/h2-9H,1H3,(H2,17,18,19,23). The number of esters is 1. The summed E-state index contributed by atoms with van der Waals surface area (Å²) in [5, 5.41) is 11.1. The van der Waals surface area contributed by atoms with Gasteiger partial charge in [0, 0.05) is 5.69 Å². The van der Waals surface area contributed by atoms with Crippen LogP contribution in [0.2, 0.25) is 0 Å². The second-order valence-corrected chi connectivity index (χ2v) is 5.09. The fourth-order valence-corrected chi connectivity index (χ4v) is 2.30. The zero-order valence-corrected chi connectivity index (χ0v) is 13.0. The van der Waals surface area contributed by atoms with Crippen LogP contribution in [0.1, 0.15) is 10.4 Å². The molecule has 0 saturated carbocycles. The molecular formula is C16H13N3O3S. The van der Waals surface area contributed by atoms with Crippen LogP contribution in [0.3, 0.4) is 0 Å². The summed E-state index contributed by atoms with van der Waals surface area (Å²) in [7, 11) is 1.34. The Hall–Kier alpha value is -2.93. The maximum absolute atomic E-state index is 11.5. The zero-order chi connectivity index (χ0) is 16.2. The van der Waals surface area contributed by atoms with Crippen LogP contribution >= 0.6 is 12.2 Å². The summed E-state index contributed by atoms with van der Waals surface area (Å²) in [5.41, 5.74) is 1.77. The van der Waals surface area contributed by atoms with Gasteiger partial charge in [0.2, 0.25) is 0 Å². The van der Waals surface area contributed by atoms with Crippen molar-refractivity contribution in [1.29, 1.82) is 0 Å². The number of anilines is 2. The number of ether oxygens (including phenoxy) is 1. The van der Waals surface area contributed by atoms with Crippen LogP contribution in [0, 0.1) is 0 Å². The minimum Gasteiger partial charge on any atom is -0.465 e. The van der Waals surface area contributed by atoms with E-state index >= 15 is 0 Å². The van der Waals surface area contributed by atoms with Crippen molar-refractivity contribution in [2.45, 2.75) is 0 Å². The van der Waals surface area contributed by atoms with Crippen LogP contribution in [0.4, 0.5) is 11.5 Å². The first-order valence-electron chi connectivity index (χ1n) is 6.78. The number of nitrogens with one attached hydrogen (secondary N) is 2. The van der Waals surface area contributed by atoms with Crippen molar-refractivity contribution in [3.63, 3.8) is 0 Å². The lowest BCUT2D eigenvalue weighted by Crippen LogP contribution is -2.19. The molecule has 0 atom stereocenters. The third-order valence-electron chi connectivity index (χ3n) is 3.15. The number of rotatable bonds is 3. The smallest absolute Gasteiger partial charge is 0.337 e. The predicted molar refractivity (Wildman–Crippen MR) is 91.6 cm³/mol. The van der Waals surface area contributed by atoms with Gasteiger partial charge in [-0.3, -0.25) is 0 Å². The largest absolute Gasteiger partial charge is 0.465 e. The highest BCUT2D eigenvalue weighted by molar-refractivity contribution is 7.80. The molecule has 2 aromatic carbocycles. The number of benzene rings is 2. The molecule has 3 aromatic rings. The Kier molecular flexibility index (Phi) is 4.20. The van der Waals surface area contributed by atoms with E-state index in [-0.39, 0.29) is 0 Å². The van der Waals surface area contributed by atoms with E-state index in [0.717, 1.165) is 5.39 Å². The van der Waals surface area contributed by atoms with Crippen molar-refractivity contribution >= 4 is 45.8 Å². The number of hydrogen-bond donors (Lipinski definition) is 2. The molecule has 1 aromatic heterocycles. The summed E-state index contributed by atoms with van der Waals surface area (Å²) in [6.45, 7) is 0. The van der Waals surface area contributed by atoms with Crippen LogP contribution in [0.25, 0.3) is 11.0 Å². The topological polar surface area (TPSA) is 76.4 Å².